The number of furan rings is 1. The van der Waals surface area contributed by atoms with Crippen LogP contribution in [-0.2, 0) is 11.3 Å². The molecule has 7 heteroatoms. The zero-order valence-electron chi connectivity index (χ0n) is 13.6. The minimum atomic E-state index is -0.192. The van der Waals surface area contributed by atoms with Crippen molar-refractivity contribution < 1.29 is 13.9 Å². The number of hydrogen-bond acceptors (Lipinski definition) is 4. The third-order valence-electron chi connectivity index (χ3n) is 3.59. The van der Waals surface area contributed by atoms with E-state index in [4.69, 9.17) is 21.4 Å². The highest BCUT2D eigenvalue weighted by atomic mass is 79.9. The van der Waals surface area contributed by atoms with Crippen molar-refractivity contribution in [1.82, 2.24) is 10.2 Å². The first kappa shape index (κ1) is 17.7. The first-order valence-corrected chi connectivity index (χ1v) is 9.08. The normalized spacial score (nSPS) is 15.8. The van der Waals surface area contributed by atoms with Gasteiger partial charge in [-0.1, -0.05) is 22.9 Å². The van der Waals surface area contributed by atoms with E-state index in [9.17, 15) is 4.79 Å². The molecule has 0 atom stereocenters. The molecule has 1 aromatic carbocycles. The van der Waals surface area contributed by atoms with Crippen LogP contribution in [0.3, 0.4) is 0 Å². The molecule has 1 fully saturated rings. The lowest BCUT2D eigenvalue weighted by Crippen LogP contribution is -2.29. The molecule has 1 saturated heterocycles. The molecule has 1 amide bonds. The van der Waals surface area contributed by atoms with Gasteiger partial charge in [0.05, 0.1) is 19.4 Å². The van der Waals surface area contributed by atoms with E-state index >= 15 is 0 Å². The van der Waals surface area contributed by atoms with Crippen molar-refractivity contribution in [2.45, 2.75) is 19.9 Å². The number of hydrogen-bond donors (Lipinski definition) is 1. The lowest BCUT2D eigenvalue weighted by Gasteiger charge is -2.11. The Balaban J connectivity index is 1.85. The Labute approximate surface area is 159 Å². The Kier molecular flexibility index (Phi) is 5.55. The standard InChI is InChI=1S/C18H17BrN2O3S/c1-2-7-24-16-6-5-13(19)9-12(16)10-15-17(22)21(18(25)20-15)11-14-4-3-8-23-14/h3-6,8-10H,2,7,11H2,1H3,(H,20,25)/b15-10+. The summed E-state index contributed by atoms with van der Waals surface area (Å²) >= 11 is 8.74. The summed E-state index contributed by atoms with van der Waals surface area (Å²) in [6.07, 6.45) is 4.23. The third-order valence-corrected chi connectivity index (χ3v) is 4.41. The Morgan fingerprint density at radius 1 is 1.40 bits per heavy atom. The van der Waals surface area contributed by atoms with Gasteiger partial charge in [0.25, 0.3) is 5.91 Å². The van der Waals surface area contributed by atoms with Crippen LogP contribution in [-0.4, -0.2) is 22.5 Å². The number of carbonyl (C=O) groups is 1. The lowest BCUT2D eigenvalue weighted by molar-refractivity contribution is -0.122. The molecule has 0 aliphatic carbocycles. The fourth-order valence-electron chi connectivity index (χ4n) is 2.40. The molecule has 2 heterocycles. The average molecular weight is 421 g/mol. The minimum Gasteiger partial charge on any atom is -0.493 e. The number of ether oxygens (including phenoxy) is 1. The number of nitrogens with one attached hydrogen (secondary N) is 1. The largest absolute Gasteiger partial charge is 0.493 e. The number of amides is 1. The Bertz CT molecular complexity index is 818. The van der Waals surface area contributed by atoms with Crippen molar-refractivity contribution in [3.05, 3.63) is 58.1 Å². The molecule has 1 aliphatic rings. The predicted molar refractivity (Wildman–Crippen MR) is 103 cm³/mol. The number of carbonyl (C=O) groups excluding carboxylic acids is 1. The van der Waals surface area contributed by atoms with Crippen LogP contribution in [0.4, 0.5) is 0 Å². The molecule has 5 nitrogen and oxygen atoms in total. The van der Waals surface area contributed by atoms with Gasteiger partial charge in [-0.25, -0.2) is 0 Å². The third kappa shape index (κ3) is 4.11. The smallest absolute Gasteiger partial charge is 0.276 e. The average Bonchev–Trinajstić information content (AvgIpc) is 3.19. The second kappa shape index (κ2) is 7.84. The van der Waals surface area contributed by atoms with Crippen LogP contribution in [0.15, 0.2) is 51.2 Å². The van der Waals surface area contributed by atoms with Crippen molar-refractivity contribution in [2.75, 3.05) is 6.61 Å². The van der Waals surface area contributed by atoms with Crippen LogP contribution in [0.1, 0.15) is 24.7 Å². The first-order chi connectivity index (χ1) is 12.1. The van der Waals surface area contributed by atoms with Crippen LogP contribution in [0.2, 0.25) is 0 Å². The molecule has 0 bridgehead atoms. The van der Waals surface area contributed by atoms with Gasteiger partial charge in [0, 0.05) is 10.0 Å². The Morgan fingerprint density at radius 3 is 2.96 bits per heavy atom. The van der Waals surface area contributed by atoms with Gasteiger partial charge >= 0.3 is 0 Å². The fraction of sp³-hybridized carbons (Fsp3) is 0.222. The SMILES string of the molecule is CCCOc1ccc(Br)cc1/C=C1/NC(=S)N(Cc2ccco2)C1=O. The first-order valence-electron chi connectivity index (χ1n) is 7.87. The summed E-state index contributed by atoms with van der Waals surface area (Å²) in [7, 11) is 0. The van der Waals surface area contributed by atoms with E-state index in [0.717, 1.165) is 22.2 Å². The van der Waals surface area contributed by atoms with Gasteiger partial charge in [-0.05, 0) is 55.0 Å². The van der Waals surface area contributed by atoms with Gasteiger partial charge in [0.2, 0.25) is 0 Å². The van der Waals surface area contributed by atoms with Gasteiger partial charge < -0.3 is 14.5 Å². The van der Waals surface area contributed by atoms with Crippen molar-refractivity contribution in [3.8, 4) is 5.75 Å². The molecule has 0 radical (unpaired) electrons. The summed E-state index contributed by atoms with van der Waals surface area (Å²) in [4.78, 5) is 14.1. The van der Waals surface area contributed by atoms with E-state index < -0.39 is 0 Å². The number of halogens is 1. The van der Waals surface area contributed by atoms with E-state index in [-0.39, 0.29) is 5.91 Å². The molecule has 1 N–H and O–H groups in total. The topological polar surface area (TPSA) is 54.7 Å². The minimum absolute atomic E-state index is 0.192. The van der Waals surface area contributed by atoms with E-state index in [0.29, 0.717) is 29.7 Å². The van der Waals surface area contributed by atoms with Gasteiger partial charge in [0.1, 0.15) is 17.2 Å². The molecular formula is C18H17BrN2O3S. The number of rotatable bonds is 6. The van der Waals surface area contributed by atoms with Crippen molar-refractivity contribution in [2.24, 2.45) is 0 Å². The van der Waals surface area contributed by atoms with Crippen LogP contribution >= 0.6 is 28.1 Å². The molecule has 2 aromatic rings. The van der Waals surface area contributed by atoms with Crippen LogP contribution in [0.25, 0.3) is 6.08 Å². The van der Waals surface area contributed by atoms with Gasteiger partial charge in [-0.3, -0.25) is 9.69 Å². The van der Waals surface area contributed by atoms with Crippen LogP contribution in [0.5, 0.6) is 5.75 Å². The van der Waals surface area contributed by atoms with E-state index in [1.807, 2.05) is 31.2 Å². The van der Waals surface area contributed by atoms with Crippen molar-refractivity contribution >= 4 is 45.2 Å². The van der Waals surface area contributed by atoms with E-state index in [1.54, 1.807) is 18.4 Å². The molecule has 0 spiro atoms. The lowest BCUT2D eigenvalue weighted by atomic mass is 10.1. The fourth-order valence-corrected chi connectivity index (χ4v) is 3.04. The molecule has 130 valence electrons. The van der Waals surface area contributed by atoms with Gasteiger partial charge in [-0.2, -0.15) is 0 Å². The Hall–Kier alpha value is -2.12. The molecule has 0 saturated carbocycles. The summed E-state index contributed by atoms with van der Waals surface area (Å²) < 4.78 is 12.0. The molecule has 1 aliphatic heterocycles. The van der Waals surface area contributed by atoms with Crippen molar-refractivity contribution in [1.29, 1.82) is 0 Å². The maximum Gasteiger partial charge on any atom is 0.276 e. The molecule has 3 rings (SSSR count). The number of benzene rings is 1. The predicted octanol–water partition coefficient (Wildman–Crippen LogP) is 4.09. The molecule has 1 aromatic heterocycles. The molecule has 25 heavy (non-hydrogen) atoms. The van der Waals surface area contributed by atoms with Gasteiger partial charge in [-0.15, -0.1) is 0 Å². The summed E-state index contributed by atoms with van der Waals surface area (Å²) in [6, 6.07) is 9.28. The summed E-state index contributed by atoms with van der Waals surface area (Å²) in [5.74, 6) is 1.21. The highest BCUT2D eigenvalue weighted by Gasteiger charge is 2.31. The highest BCUT2D eigenvalue weighted by molar-refractivity contribution is 9.10. The maximum atomic E-state index is 12.7. The summed E-state index contributed by atoms with van der Waals surface area (Å²) in [5, 5.41) is 3.33. The second-order valence-electron chi connectivity index (χ2n) is 5.49. The summed E-state index contributed by atoms with van der Waals surface area (Å²) in [5.41, 5.74) is 1.22. The maximum absolute atomic E-state index is 12.7. The highest BCUT2D eigenvalue weighted by Crippen LogP contribution is 2.27. The Morgan fingerprint density at radius 2 is 2.24 bits per heavy atom. The number of thiocarbonyl (C=S) groups is 1. The molecular weight excluding hydrogens is 404 g/mol. The second-order valence-corrected chi connectivity index (χ2v) is 6.79. The quantitative estimate of drug-likeness (QED) is 0.563. The van der Waals surface area contributed by atoms with E-state index in [1.165, 1.54) is 4.90 Å². The zero-order valence-corrected chi connectivity index (χ0v) is 16.0. The van der Waals surface area contributed by atoms with E-state index in [2.05, 4.69) is 21.2 Å². The zero-order chi connectivity index (χ0) is 17.8. The van der Waals surface area contributed by atoms with Crippen LogP contribution < -0.4 is 10.1 Å². The van der Waals surface area contributed by atoms with Gasteiger partial charge in [0.15, 0.2) is 5.11 Å². The summed E-state index contributed by atoms with van der Waals surface area (Å²) in [6.45, 7) is 2.96. The number of nitrogens with zero attached hydrogens (tertiary/aromatic N) is 1. The van der Waals surface area contributed by atoms with Crippen molar-refractivity contribution in [3.63, 3.8) is 0 Å². The van der Waals surface area contributed by atoms with Crippen LogP contribution in [0, 0.1) is 0 Å². The monoisotopic (exact) mass is 420 g/mol. The molecule has 0 unspecified atom stereocenters.